The second kappa shape index (κ2) is 4.75. The minimum Gasteiger partial charge on any atom is -0.480 e. The standard InChI is InChI=1S/C9H13N5O2/c15-9(16)8(3-7-4-11-5-12-7)13-14-2-1-10-6-14/h4-6,8,13H,1-3H2,(H,11,12)(H,15,16)/t8-/m0/s1. The summed E-state index contributed by atoms with van der Waals surface area (Å²) in [6.07, 6.45) is 5.13. The van der Waals surface area contributed by atoms with E-state index in [-0.39, 0.29) is 0 Å². The summed E-state index contributed by atoms with van der Waals surface area (Å²) in [5.74, 6) is -0.894. The highest BCUT2D eigenvalue weighted by atomic mass is 16.4. The maximum absolute atomic E-state index is 11.0. The topological polar surface area (TPSA) is 93.6 Å². The summed E-state index contributed by atoms with van der Waals surface area (Å²) in [5, 5.41) is 10.8. The van der Waals surface area contributed by atoms with Crippen LogP contribution in [0.1, 0.15) is 5.69 Å². The third-order valence-electron chi connectivity index (χ3n) is 2.29. The van der Waals surface area contributed by atoms with Gasteiger partial charge >= 0.3 is 5.97 Å². The lowest BCUT2D eigenvalue weighted by molar-refractivity contribution is -0.140. The summed E-state index contributed by atoms with van der Waals surface area (Å²) in [6.45, 7) is 1.40. The second-order valence-electron chi connectivity index (χ2n) is 3.52. The molecule has 0 unspecified atom stereocenters. The number of hydrogen-bond donors (Lipinski definition) is 3. The number of hydrazine groups is 1. The van der Waals surface area contributed by atoms with Crippen molar-refractivity contribution in [3.8, 4) is 0 Å². The smallest absolute Gasteiger partial charge is 0.322 e. The van der Waals surface area contributed by atoms with E-state index in [1.54, 1.807) is 17.5 Å². The first kappa shape index (κ1) is 10.6. The quantitative estimate of drug-likeness (QED) is 0.611. The van der Waals surface area contributed by atoms with Gasteiger partial charge in [0.1, 0.15) is 6.04 Å². The molecule has 7 nitrogen and oxygen atoms in total. The van der Waals surface area contributed by atoms with Crippen molar-refractivity contribution in [2.75, 3.05) is 13.1 Å². The van der Waals surface area contributed by atoms with Gasteiger partial charge in [0.15, 0.2) is 0 Å². The van der Waals surface area contributed by atoms with E-state index in [0.29, 0.717) is 19.5 Å². The fourth-order valence-electron chi connectivity index (χ4n) is 1.48. The van der Waals surface area contributed by atoms with Gasteiger partial charge in [0.25, 0.3) is 0 Å². The third-order valence-corrected chi connectivity index (χ3v) is 2.29. The Morgan fingerprint density at radius 3 is 3.19 bits per heavy atom. The van der Waals surface area contributed by atoms with Crippen molar-refractivity contribution < 1.29 is 9.90 Å². The van der Waals surface area contributed by atoms with E-state index >= 15 is 0 Å². The number of nitrogens with one attached hydrogen (secondary N) is 2. The average molecular weight is 223 g/mol. The van der Waals surface area contributed by atoms with E-state index in [4.69, 9.17) is 5.11 Å². The molecule has 2 rings (SSSR count). The monoisotopic (exact) mass is 223 g/mol. The predicted molar refractivity (Wildman–Crippen MR) is 56.9 cm³/mol. The number of carbonyl (C=O) groups is 1. The molecule has 0 bridgehead atoms. The molecule has 0 spiro atoms. The van der Waals surface area contributed by atoms with Gasteiger partial charge in [-0.05, 0) is 0 Å². The molecule has 1 atom stereocenters. The Kier molecular flexibility index (Phi) is 3.16. The van der Waals surface area contributed by atoms with Crippen molar-refractivity contribution in [2.24, 2.45) is 4.99 Å². The number of hydrogen-bond acceptors (Lipinski definition) is 5. The van der Waals surface area contributed by atoms with E-state index in [1.807, 2.05) is 0 Å². The molecule has 1 aromatic rings. The number of aromatic amines is 1. The zero-order valence-electron chi connectivity index (χ0n) is 8.63. The Bertz CT molecular complexity index is 375. The van der Waals surface area contributed by atoms with Gasteiger partial charge in [-0.1, -0.05) is 0 Å². The number of H-pyrrole nitrogens is 1. The number of carboxylic acids is 1. The van der Waals surface area contributed by atoms with E-state index < -0.39 is 12.0 Å². The molecule has 1 aliphatic heterocycles. The Hall–Kier alpha value is -1.89. The van der Waals surface area contributed by atoms with Crippen molar-refractivity contribution in [1.29, 1.82) is 0 Å². The van der Waals surface area contributed by atoms with Gasteiger partial charge in [-0.3, -0.25) is 14.8 Å². The summed E-state index contributed by atoms with van der Waals surface area (Å²) >= 11 is 0. The van der Waals surface area contributed by atoms with E-state index in [0.717, 1.165) is 5.69 Å². The summed E-state index contributed by atoms with van der Waals surface area (Å²) in [5.41, 5.74) is 3.68. The number of imidazole rings is 1. The summed E-state index contributed by atoms with van der Waals surface area (Å²) in [6, 6.07) is -0.676. The molecule has 16 heavy (non-hydrogen) atoms. The molecule has 86 valence electrons. The Morgan fingerprint density at radius 1 is 1.75 bits per heavy atom. The van der Waals surface area contributed by atoms with Crippen LogP contribution < -0.4 is 5.43 Å². The molecule has 3 N–H and O–H groups in total. The van der Waals surface area contributed by atoms with Gasteiger partial charge in [0.05, 0.1) is 25.8 Å². The number of aliphatic imine (C=N–C) groups is 1. The van der Waals surface area contributed by atoms with E-state index in [9.17, 15) is 4.79 Å². The Balaban J connectivity index is 1.94. The molecule has 1 aromatic heterocycles. The zero-order chi connectivity index (χ0) is 11.4. The molecule has 0 radical (unpaired) electrons. The first-order valence-electron chi connectivity index (χ1n) is 4.98. The number of carboxylic acid groups (broad SMARTS) is 1. The first-order chi connectivity index (χ1) is 7.75. The Morgan fingerprint density at radius 2 is 2.62 bits per heavy atom. The molecular formula is C9H13N5O2. The highest BCUT2D eigenvalue weighted by Gasteiger charge is 2.21. The minimum absolute atomic E-state index is 0.361. The molecule has 1 aliphatic rings. The molecule has 0 fully saturated rings. The molecule has 7 heteroatoms. The van der Waals surface area contributed by atoms with Gasteiger partial charge in [-0.25, -0.2) is 10.4 Å². The van der Waals surface area contributed by atoms with Crippen LogP contribution in [0.15, 0.2) is 17.5 Å². The zero-order valence-corrected chi connectivity index (χ0v) is 8.63. The van der Waals surface area contributed by atoms with E-state index in [1.165, 1.54) is 6.33 Å². The van der Waals surface area contributed by atoms with Gasteiger partial charge < -0.3 is 10.1 Å². The van der Waals surface area contributed by atoms with Crippen molar-refractivity contribution in [3.05, 3.63) is 18.2 Å². The predicted octanol–water partition coefficient (Wildman–Crippen LogP) is -0.746. The fraction of sp³-hybridized carbons (Fsp3) is 0.444. The fourth-order valence-corrected chi connectivity index (χ4v) is 1.48. The SMILES string of the molecule is O=C(O)[C@H](Cc1cnc[nH]1)NN1C=NCC1. The summed E-state index contributed by atoms with van der Waals surface area (Å²) in [4.78, 5) is 21.8. The van der Waals surface area contributed by atoms with Gasteiger partial charge in [-0.15, -0.1) is 0 Å². The molecular weight excluding hydrogens is 210 g/mol. The molecule has 0 amide bonds. The Labute approximate surface area is 92.2 Å². The number of aliphatic carboxylic acids is 1. The van der Waals surface area contributed by atoms with Crippen LogP contribution in [-0.4, -0.2) is 51.5 Å². The van der Waals surface area contributed by atoms with Crippen molar-refractivity contribution in [1.82, 2.24) is 20.4 Å². The van der Waals surface area contributed by atoms with Crippen LogP contribution >= 0.6 is 0 Å². The van der Waals surface area contributed by atoms with Crippen molar-refractivity contribution >= 4 is 12.3 Å². The summed E-state index contributed by atoms with van der Waals surface area (Å²) in [7, 11) is 0. The van der Waals surface area contributed by atoms with Crippen LogP contribution in [0, 0.1) is 0 Å². The third kappa shape index (κ3) is 2.57. The lowest BCUT2D eigenvalue weighted by Gasteiger charge is -2.21. The van der Waals surface area contributed by atoms with Gasteiger partial charge in [0, 0.05) is 18.3 Å². The minimum atomic E-state index is -0.894. The maximum atomic E-state index is 11.0. The number of rotatable bonds is 5. The van der Waals surface area contributed by atoms with Crippen LogP contribution in [0.5, 0.6) is 0 Å². The maximum Gasteiger partial charge on any atom is 0.322 e. The lowest BCUT2D eigenvalue weighted by Crippen LogP contribution is -2.48. The summed E-state index contributed by atoms with van der Waals surface area (Å²) < 4.78 is 0. The highest BCUT2D eigenvalue weighted by molar-refractivity contribution is 5.74. The number of aromatic nitrogens is 2. The largest absolute Gasteiger partial charge is 0.480 e. The van der Waals surface area contributed by atoms with Crippen LogP contribution in [0.3, 0.4) is 0 Å². The molecule has 0 aromatic carbocycles. The lowest BCUT2D eigenvalue weighted by atomic mass is 10.2. The average Bonchev–Trinajstić information content (AvgIpc) is 2.88. The molecule has 0 aliphatic carbocycles. The van der Waals surface area contributed by atoms with Gasteiger partial charge in [0.2, 0.25) is 0 Å². The van der Waals surface area contributed by atoms with Crippen molar-refractivity contribution in [2.45, 2.75) is 12.5 Å². The van der Waals surface area contributed by atoms with Gasteiger partial charge in [-0.2, -0.15) is 0 Å². The number of nitrogens with zero attached hydrogens (tertiary/aromatic N) is 3. The normalized spacial score (nSPS) is 16.6. The molecule has 0 saturated heterocycles. The molecule has 2 heterocycles. The second-order valence-corrected chi connectivity index (χ2v) is 3.52. The molecule has 0 saturated carbocycles. The van der Waals surface area contributed by atoms with Crippen LogP contribution in [0.2, 0.25) is 0 Å². The van der Waals surface area contributed by atoms with E-state index in [2.05, 4.69) is 20.4 Å². The first-order valence-corrected chi connectivity index (χ1v) is 4.98. The van der Waals surface area contributed by atoms with Crippen LogP contribution in [-0.2, 0) is 11.2 Å². The van der Waals surface area contributed by atoms with Crippen LogP contribution in [0.25, 0.3) is 0 Å². The highest BCUT2D eigenvalue weighted by Crippen LogP contribution is 2.00. The van der Waals surface area contributed by atoms with Crippen LogP contribution in [0.4, 0.5) is 0 Å². The van der Waals surface area contributed by atoms with Crippen molar-refractivity contribution in [3.63, 3.8) is 0 Å².